The average Bonchev–Trinajstić information content (AvgIpc) is 3.30. The van der Waals surface area contributed by atoms with E-state index in [9.17, 15) is 4.79 Å². The topological polar surface area (TPSA) is 39.3 Å². The van der Waals surface area contributed by atoms with Gasteiger partial charge in [0.15, 0.2) is 0 Å². The van der Waals surface area contributed by atoms with Gasteiger partial charge in [0.05, 0.1) is 21.1 Å². The van der Waals surface area contributed by atoms with E-state index >= 15 is 0 Å². The van der Waals surface area contributed by atoms with Gasteiger partial charge < -0.3 is 14.8 Å². The molecule has 0 unspecified atom stereocenters. The Kier molecular flexibility index (Phi) is 6.54. The number of rotatable bonds is 4. The van der Waals surface area contributed by atoms with Gasteiger partial charge >= 0.3 is 0 Å². The first-order valence-corrected chi connectivity index (χ1v) is 14.2. The zero-order valence-corrected chi connectivity index (χ0v) is 23.4. The highest BCUT2D eigenvalue weighted by molar-refractivity contribution is 6.39. The fourth-order valence-electron chi connectivity index (χ4n) is 6.97. The Morgan fingerprint density at radius 3 is 2.24 bits per heavy atom. The lowest BCUT2D eigenvalue weighted by Gasteiger charge is -2.55. The molecule has 1 N–H and O–H groups in total. The number of benzene rings is 3. The average molecular weight is 547 g/mol. The van der Waals surface area contributed by atoms with Crippen LogP contribution < -0.4 is 0 Å². The summed E-state index contributed by atoms with van der Waals surface area (Å²) in [6.07, 6.45) is 5.48. The molecule has 1 saturated carbocycles. The number of hydrogen-bond donors (Lipinski definition) is 1. The molecule has 0 saturated heterocycles. The van der Waals surface area contributed by atoms with Crippen molar-refractivity contribution in [3.8, 4) is 0 Å². The first-order valence-electron chi connectivity index (χ1n) is 13.4. The summed E-state index contributed by atoms with van der Waals surface area (Å²) >= 11 is 13.1. The van der Waals surface area contributed by atoms with Crippen LogP contribution in [0, 0.1) is 0 Å². The molecule has 1 fully saturated rings. The van der Waals surface area contributed by atoms with E-state index in [1.807, 2.05) is 0 Å². The highest BCUT2D eigenvalue weighted by Crippen LogP contribution is 2.52. The lowest BCUT2D eigenvalue weighted by molar-refractivity contribution is -0.0122. The summed E-state index contributed by atoms with van der Waals surface area (Å²) in [4.78, 5) is 22.5. The van der Waals surface area contributed by atoms with E-state index in [2.05, 4.69) is 83.5 Å². The highest BCUT2D eigenvalue weighted by atomic mass is 35.5. The number of amides is 1. The Morgan fingerprint density at radius 2 is 1.55 bits per heavy atom. The minimum atomic E-state index is -0.442. The minimum absolute atomic E-state index is 0.0208. The fraction of sp³-hybridized carbons (Fsp3) is 0.344. The van der Waals surface area contributed by atoms with Gasteiger partial charge in [-0.2, -0.15) is 0 Å². The number of hydrogen-bond acceptors (Lipinski definition) is 2. The van der Waals surface area contributed by atoms with Crippen molar-refractivity contribution in [2.45, 2.75) is 49.6 Å². The van der Waals surface area contributed by atoms with Crippen molar-refractivity contribution in [3.63, 3.8) is 0 Å². The minimum Gasteiger partial charge on any atom is -0.356 e. The maximum atomic E-state index is 14.3. The van der Waals surface area contributed by atoms with Gasteiger partial charge in [0.1, 0.15) is 0 Å². The molecule has 1 aliphatic carbocycles. The van der Waals surface area contributed by atoms with Gasteiger partial charge in [-0.05, 0) is 81.9 Å². The Labute approximate surface area is 234 Å². The molecular weight excluding hydrogens is 513 g/mol. The normalized spacial score (nSPS) is 23.2. The van der Waals surface area contributed by atoms with Gasteiger partial charge in [-0.3, -0.25) is 4.79 Å². The van der Waals surface area contributed by atoms with E-state index in [-0.39, 0.29) is 11.4 Å². The molecule has 1 amide bonds. The number of likely N-dealkylation sites (N-methyl/N-ethyl adjacent to an activating group) is 1. The molecule has 0 radical (unpaired) electrons. The number of aromatic nitrogens is 1. The van der Waals surface area contributed by atoms with Crippen LogP contribution in [0.25, 0.3) is 10.9 Å². The molecule has 1 spiro atoms. The van der Waals surface area contributed by atoms with Crippen LogP contribution >= 0.6 is 23.2 Å². The molecular formula is C32H33Cl2N3O. The molecule has 0 bridgehead atoms. The molecule has 6 heteroatoms. The van der Waals surface area contributed by atoms with Crippen LogP contribution in [0.2, 0.25) is 10.0 Å². The summed E-state index contributed by atoms with van der Waals surface area (Å²) in [5, 5.41) is 2.07. The standard InChI is InChI=1S/C32H33Cl2N3O/c1-36(2)31(21-22-9-4-3-5-10-22)16-18-32(19-17-31)29-24(23-11-6-7-14-27(23)35-29)15-20-37(32)30(38)28-25(33)12-8-13-26(28)34/h3-14,35H,15-21H2,1-2H3. The number of para-hydroxylation sites is 1. The van der Waals surface area contributed by atoms with Crippen molar-refractivity contribution >= 4 is 40.0 Å². The number of nitrogens with one attached hydrogen (secondary N) is 1. The van der Waals surface area contributed by atoms with E-state index in [0.29, 0.717) is 22.2 Å². The second-order valence-electron chi connectivity index (χ2n) is 11.1. The summed E-state index contributed by atoms with van der Waals surface area (Å²) < 4.78 is 0. The molecule has 2 heterocycles. The Morgan fingerprint density at radius 1 is 0.895 bits per heavy atom. The summed E-state index contributed by atoms with van der Waals surface area (Å²) in [6, 6.07) is 24.6. The van der Waals surface area contributed by atoms with Crippen LogP contribution in [0.5, 0.6) is 0 Å². The van der Waals surface area contributed by atoms with Gasteiger partial charge in [-0.15, -0.1) is 0 Å². The summed E-state index contributed by atoms with van der Waals surface area (Å²) in [5.74, 6) is -0.0784. The summed E-state index contributed by atoms with van der Waals surface area (Å²) in [7, 11) is 4.39. The molecule has 2 aliphatic rings. The summed E-state index contributed by atoms with van der Waals surface area (Å²) in [6.45, 7) is 0.642. The first-order chi connectivity index (χ1) is 18.3. The van der Waals surface area contributed by atoms with E-state index in [1.165, 1.54) is 22.2 Å². The molecule has 1 aliphatic heterocycles. The third-order valence-corrected chi connectivity index (χ3v) is 9.77. The molecule has 6 rings (SSSR count). The predicted molar refractivity (Wildman–Crippen MR) is 156 cm³/mol. The quantitative estimate of drug-likeness (QED) is 0.288. The van der Waals surface area contributed by atoms with E-state index in [4.69, 9.17) is 23.2 Å². The highest BCUT2D eigenvalue weighted by Gasteiger charge is 2.52. The maximum Gasteiger partial charge on any atom is 0.257 e. The summed E-state index contributed by atoms with van der Waals surface area (Å²) in [5.41, 5.74) is 5.00. The van der Waals surface area contributed by atoms with E-state index in [0.717, 1.165) is 44.0 Å². The Hall–Kier alpha value is -2.79. The molecule has 4 aromatic rings. The zero-order chi connectivity index (χ0) is 26.5. The number of carbonyl (C=O) groups is 1. The fourth-order valence-corrected chi connectivity index (χ4v) is 7.53. The van der Waals surface area contributed by atoms with Crippen molar-refractivity contribution in [1.29, 1.82) is 0 Å². The first kappa shape index (κ1) is 25.5. The van der Waals surface area contributed by atoms with Crippen LogP contribution in [0.15, 0.2) is 72.8 Å². The van der Waals surface area contributed by atoms with Crippen LogP contribution in [0.3, 0.4) is 0 Å². The Bertz CT molecular complexity index is 1470. The second-order valence-corrected chi connectivity index (χ2v) is 12.0. The lowest BCUT2D eigenvalue weighted by Crippen LogP contribution is -2.60. The van der Waals surface area contributed by atoms with Crippen LogP contribution in [0.1, 0.15) is 52.9 Å². The molecule has 1 aromatic heterocycles. The number of fused-ring (bicyclic) bond motifs is 4. The lowest BCUT2D eigenvalue weighted by atomic mass is 9.65. The van der Waals surface area contributed by atoms with Gasteiger partial charge in [-0.25, -0.2) is 0 Å². The van der Waals surface area contributed by atoms with Crippen LogP contribution in [-0.4, -0.2) is 46.9 Å². The maximum absolute atomic E-state index is 14.3. The van der Waals surface area contributed by atoms with Crippen LogP contribution in [0.4, 0.5) is 0 Å². The van der Waals surface area contributed by atoms with Gasteiger partial charge in [0, 0.05) is 28.7 Å². The SMILES string of the molecule is CN(C)C1(Cc2ccccc2)CCC2(CC1)c1[nH]c3ccccc3c1CCN2C(=O)c1c(Cl)cccc1Cl. The van der Waals surface area contributed by atoms with E-state index < -0.39 is 5.54 Å². The Balaban J connectivity index is 1.44. The number of nitrogens with zero attached hydrogens (tertiary/aromatic N) is 2. The van der Waals surface area contributed by atoms with E-state index in [1.54, 1.807) is 18.2 Å². The number of carbonyl (C=O) groups excluding carboxylic acids is 1. The molecule has 0 atom stereocenters. The largest absolute Gasteiger partial charge is 0.356 e. The monoisotopic (exact) mass is 545 g/mol. The zero-order valence-electron chi connectivity index (χ0n) is 21.9. The van der Waals surface area contributed by atoms with Crippen LogP contribution in [-0.2, 0) is 18.4 Å². The molecule has 196 valence electrons. The third-order valence-electron chi connectivity index (χ3n) is 9.14. The van der Waals surface area contributed by atoms with Crippen molar-refractivity contribution in [2.24, 2.45) is 0 Å². The van der Waals surface area contributed by atoms with Crippen molar-refractivity contribution in [2.75, 3.05) is 20.6 Å². The van der Waals surface area contributed by atoms with Gasteiger partial charge in [0.25, 0.3) is 5.91 Å². The number of aromatic amines is 1. The van der Waals surface area contributed by atoms with Gasteiger partial charge in [-0.1, -0.05) is 77.8 Å². The second kappa shape index (κ2) is 9.75. The van der Waals surface area contributed by atoms with Crippen molar-refractivity contribution in [1.82, 2.24) is 14.8 Å². The van der Waals surface area contributed by atoms with Crippen molar-refractivity contribution < 1.29 is 4.79 Å². The smallest absolute Gasteiger partial charge is 0.257 e. The van der Waals surface area contributed by atoms with Crippen molar-refractivity contribution in [3.05, 3.63) is 105 Å². The predicted octanol–water partition coefficient (Wildman–Crippen LogP) is 7.49. The van der Waals surface area contributed by atoms with Gasteiger partial charge in [0.2, 0.25) is 0 Å². The molecule has 38 heavy (non-hydrogen) atoms. The molecule has 3 aromatic carbocycles. The molecule has 4 nitrogen and oxygen atoms in total. The number of halogens is 2. The third kappa shape index (κ3) is 4.05. The number of H-pyrrole nitrogens is 1.